The molecule has 2 aliphatic rings. The molecule has 2 rings (SSSR count). The van der Waals surface area contributed by atoms with Crippen LogP contribution in [-0.2, 0) is 0 Å². The van der Waals surface area contributed by atoms with Crippen LogP contribution in [-0.4, -0.2) is 16.2 Å². The minimum atomic E-state index is -0.555. The van der Waals surface area contributed by atoms with Gasteiger partial charge < -0.3 is 10.8 Å². The normalized spacial score (nSPS) is 33.4. The van der Waals surface area contributed by atoms with Crippen LogP contribution in [0.4, 0.5) is 0 Å². The molecule has 0 unspecified atom stereocenters. The topological polar surface area (TPSA) is 46.2 Å². The van der Waals surface area contributed by atoms with Crippen LogP contribution in [0.1, 0.15) is 58.8 Å². The fourth-order valence-corrected chi connectivity index (χ4v) is 3.62. The first-order valence-electron chi connectivity index (χ1n) is 5.88. The van der Waals surface area contributed by atoms with Gasteiger partial charge in [0.05, 0.1) is 5.60 Å². The van der Waals surface area contributed by atoms with Crippen molar-refractivity contribution < 1.29 is 5.11 Å². The van der Waals surface area contributed by atoms with E-state index in [0.717, 1.165) is 38.5 Å². The Morgan fingerprint density at radius 3 is 1.93 bits per heavy atom. The molecule has 0 spiro atoms. The molecule has 0 saturated heterocycles. The van der Waals surface area contributed by atoms with Crippen molar-refractivity contribution in [2.75, 3.05) is 0 Å². The van der Waals surface area contributed by atoms with Crippen LogP contribution in [0.5, 0.6) is 0 Å². The third-order valence-electron chi connectivity index (χ3n) is 4.20. The van der Waals surface area contributed by atoms with Crippen molar-refractivity contribution in [2.45, 2.75) is 69.9 Å². The zero-order chi connectivity index (χ0) is 10.4. The Balaban J connectivity index is 2.07. The average Bonchev–Trinajstić information content (AvgIpc) is 2.01. The summed E-state index contributed by atoms with van der Waals surface area (Å²) in [5, 5.41) is 10.6. The van der Waals surface area contributed by atoms with E-state index in [0.29, 0.717) is 5.41 Å². The van der Waals surface area contributed by atoms with Crippen molar-refractivity contribution >= 4 is 0 Å². The zero-order valence-electron chi connectivity index (χ0n) is 9.47. The van der Waals surface area contributed by atoms with Crippen LogP contribution in [0.3, 0.4) is 0 Å². The van der Waals surface area contributed by atoms with E-state index in [-0.39, 0.29) is 5.54 Å². The summed E-state index contributed by atoms with van der Waals surface area (Å²) in [4.78, 5) is 0. The summed E-state index contributed by atoms with van der Waals surface area (Å²) in [6.07, 6.45) is 7.36. The van der Waals surface area contributed by atoms with Crippen LogP contribution in [0.25, 0.3) is 0 Å². The largest absolute Gasteiger partial charge is 0.388 e. The highest BCUT2D eigenvalue weighted by atomic mass is 16.3. The Kier molecular flexibility index (Phi) is 2.20. The molecule has 0 aromatic heterocycles. The second-order valence-corrected chi connectivity index (χ2v) is 6.27. The molecular formula is C12H23NO. The third kappa shape index (κ3) is 1.49. The van der Waals surface area contributed by atoms with Gasteiger partial charge in [0, 0.05) is 5.54 Å². The first kappa shape index (κ1) is 10.4. The minimum absolute atomic E-state index is 0.281. The Morgan fingerprint density at radius 2 is 1.50 bits per heavy atom. The number of nitrogens with two attached hydrogens (primary N) is 1. The van der Waals surface area contributed by atoms with Gasteiger partial charge in [-0.2, -0.15) is 0 Å². The van der Waals surface area contributed by atoms with E-state index in [4.69, 9.17) is 5.73 Å². The molecule has 2 nitrogen and oxygen atoms in total. The lowest BCUT2D eigenvalue weighted by Crippen LogP contribution is -2.70. The van der Waals surface area contributed by atoms with Gasteiger partial charge in [0.2, 0.25) is 0 Å². The maximum absolute atomic E-state index is 10.6. The van der Waals surface area contributed by atoms with E-state index >= 15 is 0 Å². The highest BCUT2D eigenvalue weighted by molar-refractivity contribution is 5.15. The van der Waals surface area contributed by atoms with Gasteiger partial charge >= 0.3 is 0 Å². The number of aliphatic hydroxyl groups is 1. The van der Waals surface area contributed by atoms with Crippen LogP contribution >= 0.6 is 0 Å². The van der Waals surface area contributed by atoms with E-state index in [9.17, 15) is 5.11 Å². The fraction of sp³-hybridized carbons (Fsp3) is 1.00. The Morgan fingerprint density at radius 1 is 1.00 bits per heavy atom. The average molecular weight is 197 g/mol. The summed E-state index contributed by atoms with van der Waals surface area (Å²) in [7, 11) is 0. The number of hydrogen-bond donors (Lipinski definition) is 2. The third-order valence-corrected chi connectivity index (χ3v) is 4.20. The molecule has 0 heterocycles. The lowest BCUT2D eigenvalue weighted by atomic mass is 9.51. The molecule has 0 bridgehead atoms. The summed E-state index contributed by atoms with van der Waals surface area (Å²) in [6, 6.07) is 0. The van der Waals surface area contributed by atoms with Crippen LogP contribution in [0, 0.1) is 5.41 Å². The second kappa shape index (κ2) is 2.96. The highest BCUT2D eigenvalue weighted by Gasteiger charge is 2.58. The van der Waals surface area contributed by atoms with Gasteiger partial charge in [0.1, 0.15) is 0 Å². The van der Waals surface area contributed by atoms with Crippen LogP contribution in [0.15, 0.2) is 0 Å². The van der Waals surface area contributed by atoms with Gasteiger partial charge in [-0.25, -0.2) is 0 Å². The first-order valence-corrected chi connectivity index (χ1v) is 5.88. The van der Waals surface area contributed by atoms with Gasteiger partial charge in [-0.15, -0.1) is 0 Å². The summed E-state index contributed by atoms with van der Waals surface area (Å²) >= 11 is 0. The molecule has 0 radical (unpaired) electrons. The number of rotatable bonds is 1. The molecule has 0 aliphatic heterocycles. The van der Waals surface area contributed by atoms with Crippen molar-refractivity contribution in [3.8, 4) is 0 Å². The quantitative estimate of drug-likeness (QED) is 0.677. The molecule has 0 atom stereocenters. The molecule has 82 valence electrons. The monoisotopic (exact) mass is 197 g/mol. The molecule has 0 aromatic rings. The maximum atomic E-state index is 10.6. The van der Waals surface area contributed by atoms with Crippen molar-refractivity contribution in [3.63, 3.8) is 0 Å². The fourth-order valence-electron chi connectivity index (χ4n) is 3.62. The molecule has 14 heavy (non-hydrogen) atoms. The van der Waals surface area contributed by atoms with Gasteiger partial charge in [0.25, 0.3) is 0 Å². The molecular weight excluding hydrogens is 174 g/mol. The Bertz CT molecular complexity index is 220. The molecule has 0 aromatic carbocycles. The van der Waals surface area contributed by atoms with Crippen LogP contribution in [0.2, 0.25) is 0 Å². The Hall–Kier alpha value is -0.0800. The van der Waals surface area contributed by atoms with E-state index in [1.165, 1.54) is 6.42 Å². The smallest absolute Gasteiger partial charge is 0.0826 e. The lowest BCUT2D eigenvalue weighted by molar-refractivity contribution is -0.134. The predicted molar refractivity (Wildman–Crippen MR) is 58.0 cm³/mol. The standard InChI is InChI=1S/C12H23NO/c1-10(2)8-11(13,9-10)12(14)6-4-3-5-7-12/h14H,3-9,13H2,1-2H3. The van der Waals surface area contributed by atoms with Gasteiger partial charge in [-0.1, -0.05) is 33.1 Å². The summed E-state index contributed by atoms with van der Waals surface area (Å²) in [5.74, 6) is 0. The van der Waals surface area contributed by atoms with E-state index in [1.54, 1.807) is 0 Å². The highest BCUT2D eigenvalue weighted by Crippen LogP contribution is 2.54. The molecule has 2 fully saturated rings. The zero-order valence-corrected chi connectivity index (χ0v) is 9.47. The minimum Gasteiger partial charge on any atom is -0.388 e. The summed E-state index contributed by atoms with van der Waals surface area (Å²) in [5.41, 5.74) is 5.85. The second-order valence-electron chi connectivity index (χ2n) is 6.27. The SMILES string of the molecule is CC1(C)CC(N)(C2(O)CCCCC2)C1. The Labute approximate surface area is 86.9 Å². The summed E-state index contributed by atoms with van der Waals surface area (Å²) in [6.45, 7) is 4.48. The van der Waals surface area contributed by atoms with Gasteiger partial charge in [-0.3, -0.25) is 0 Å². The number of hydrogen-bond acceptors (Lipinski definition) is 2. The predicted octanol–water partition coefficient (Wildman–Crippen LogP) is 2.20. The summed E-state index contributed by atoms with van der Waals surface area (Å²) < 4.78 is 0. The molecule has 2 aliphatic carbocycles. The van der Waals surface area contributed by atoms with Crippen molar-refractivity contribution in [1.82, 2.24) is 0 Å². The van der Waals surface area contributed by atoms with Crippen molar-refractivity contribution in [1.29, 1.82) is 0 Å². The van der Waals surface area contributed by atoms with Crippen molar-refractivity contribution in [3.05, 3.63) is 0 Å². The van der Waals surface area contributed by atoms with E-state index < -0.39 is 5.60 Å². The van der Waals surface area contributed by atoms with E-state index in [1.807, 2.05) is 0 Å². The van der Waals surface area contributed by atoms with E-state index in [2.05, 4.69) is 13.8 Å². The van der Waals surface area contributed by atoms with Crippen LogP contribution < -0.4 is 5.73 Å². The van der Waals surface area contributed by atoms with Gasteiger partial charge in [-0.05, 0) is 31.1 Å². The first-order chi connectivity index (χ1) is 6.37. The molecule has 3 N–H and O–H groups in total. The molecule has 2 saturated carbocycles. The maximum Gasteiger partial charge on any atom is 0.0826 e. The van der Waals surface area contributed by atoms with Gasteiger partial charge in [0.15, 0.2) is 0 Å². The molecule has 0 amide bonds. The lowest BCUT2D eigenvalue weighted by Gasteiger charge is -2.59. The van der Waals surface area contributed by atoms with Crippen molar-refractivity contribution in [2.24, 2.45) is 11.1 Å². The molecule has 2 heteroatoms.